The van der Waals surface area contributed by atoms with Crippen LogP contribution in [0.4, 0.5) is 0 Å². The van der Waals surface area contributed by atoms with Crippen LogP contribution in [0.1, 0.15) is 15.9 Å². The molecular formula is C12H13NO3. The van der Waals surface area contributed by atoms with Crippen molar-refractivity contribution in [2.24, 2.45) is 0 Å². The van der Waals surface area contributed by atoms with Gasteiger partial charge in [-0.25, -0.2) is 6.57 Å². The van der Waals surface area contributed by atoms with Gasteiger partial charge in [-0.2, -0.15) is 0 Å². The molecule has 0 amide bonds. The van der Waals surface area contributed by atoms with Crippen molar-refractivity contribution in [2.75, 3.05) is 20.8 Å². The fraction of sp³-hybridized carbons (Fsp3) is 0.333. The summed E-state index contributed by atoms with van der Waals surface area (Å²) in [6.45, 7) is 6.90. The lowest BCUT2D eigenvalue weighted by molar-refractivity contribution is 0.100. The first-order valence-electron chi connectivity index (χ1n) is 4.75. The summed E-state index contributed by atoms with van der Waals surface area (Å²) in [4.78, 5) is 14.8. The summed E-state index contributed by atoms with van der Waals surface area (Å²) in [7, 11) is 3.10. The third-order valence-corrected chi connectivity index (χ3v) is 2.14. The highest BCUT2D eigenvalue weighted by Gasteiger charge is 2.14. The molecule has 0 bridgehead atoms. The highest BCUT2D eigenvalue weighted by molar-refractivity contribution is 6.00. The third-order valence-electron chi connectivity index (χ3n) is 2.14. The van der Waals surface area contributed by atoms with E-state index in [1.807, 2.05) is 0 Å². The van der Waals surface area contributed by atoms with Crippen LogP contribution >= 0.6 is 0 Å². The Hall–Kier alpha value is -1.86. The van der Waals surface area contributed by atoms with Gasteiger partial charge in [0.15, 0.2) is 0 Å². The van der Waals surface area contributed by atoms with Crippen molar-refractivity contribution in [1.82, 2.24) is 0 Å². The number of carbonyl (C=O) groups is 1. The lowest BCUT2D eigenvalue weighted by Gasteiger charge is -2.07. The van der Waals surface area contributed by atoms with Gasteiger partial charge in [-0.3, -0.25) is 4.79 Å². The number of ketones is 1. The van der Waals surface area contributed by atoms with Gasteiger partial charge in [0.2, 0.25) is 5.78 Å². The van der Waals surface area contributed by atoms with Gasteiger partial charge >= 0.3 is 0 Å². The van der Waals surface area contributed by atoms with Crippen LogP contribution in [0, 0.1) is 6.57 Å². The van der Waals surface area contributed by atoms with Crippen LogP contribution in [0.3, 0.4) is 0 Å². The molecule has 0 aliphatic heterocycles. The largest absolute Gasteiger partial charge is 0.497 e. The summed E-state index contributed by atoms with van der Waals surface area (Å²) in [5.74, 6) is 0.397. The zero-order valence-electron chi connectivity index (χ0n) is 9.32. The number of hydrogen-bond acceptors (Lipinski definition) is 3. The number of Topliss-reactive ketones (excluding diaryl/α,β-unsaturated/α-hetero) is 1. The predicted molar refractivity (Wildman–Crippen MR) is 59.5 cm³/mol. The van der Waals surface area contributed by atoms with E-state index in [1.54, 1.807) is 25.3 Å². The van der Waals surface area contributed by atoms with E-state index in [9.17, 15) is 4.79 Å². The molecule has 0 saturated carbocycles. The summed E-state index contributed by atoms with van der Waals surface area (Å²) in [6, 6.07) is 5.18. The molecule has 0 spiro atoms. The van der Waals surface area contributed by atoms with Gasteiger partial charge in [0, 0.05) is 12.7 Å². The van der Waals surface area contributed by atoms with Crippen LogP contribution in [-0.2, 0) is 11.3 Å². The monoisotopic (exact) mass is 219 g/mol. The smallest absolute Gasteiger partial charge is 0.276 e. The fourth-order valence-electron chi connectivity index (χ4n) is 1.38. The number of carbonyl (C=O) groups excluding carboxylic acids is 1. The van der Waals surface area contributed by atoms with Crippen molar-refractivity contribution in [3.05, 3.63) is 40.7 Å². The minimum atomic E-state index is -0.207. The minimum absolute atomic E-state index is 0.149. The minimum Gasteiger partial charge on any atom is -0.497 e. The van der Waals surface area contributed by atoms with Crippen LogP contribution < -0.4 is 4.74 Å². The zero-order chi connectivity index (χ0) is 12.0. The van der Waals surface area contributed by atoms with Gasteiger partial charge < -0.3 is 14.3 Å². The molecule has 1 aromatic carbocycles. The van der Waals surface area contributed by atoms with E-state index in [0.717, 1.165) is 5.56 Å². The molecule has 1 aromatic rings. The Morgan fingerprint density at radius 2 is 2.19 bits per heavy atom. The highest BCUT2D eigenvalue weighted by Crippen LogP contribution is 2.19. The van der Waals surface area contributed by atoms with Crippen molar-refractivity contribution in [1.29, 1.82) is 0 Å². The molecule has 0 aromatic heterocycles. The molecule has 1 rings (SSSR count). The number of hydrogen-bond donors (Lipinski definition) is 0. The number of methoxy groups -OCH3 is 2. The van der Waals surface area contributed by atoms with Gasteiger partial charge in [-0.15, -0.1) is 0 Å². The molecule has 4 nitrogen and oxygen atoms in total. The maximum Gasteiger partial charge on any atom is 0.276 e. The maximum absolute atomic E-state index is 11.7. The van der Waals surface area contributed by atoms with Gasteiger partial charge in [0.1, 0.15) is 5.75 Å². The molecule has 0 fully saturated rings. The first-order valence-corrected chi connectivity index (χ1v) is 4.75. The van der Waals surface area contributed by atoms with Crippen molar-refractivity contribution in [2.45, 2.75) is 6.61 Å². The van der Waals surface area contributed by atoms with Crippen LogP contribution in [0.25, 0.3) is 4.85 Å². The molecule has 0 heterocycles. The lowest BCUT2D eigenvalue weighted by Crippen LogP contribution is -2.07. The molecule has 0 saturated heterocycles. The van der Waals surface area contributed by atoms with Crippen molar-refractivity contribution in [3.63, 3.8) is 0 Å². The number of rotatable bonds is 5. The topological polar surface area (TPSA) is 39.9 Å². The molecule has 0 N–H and O–H groups in total. The van der Waals surface area contributed by atoms with Crippen LogP contribution in [0.5, 0.6) is 5.75 Å². The number of ether oxygens (including phenoxy) is 2. The highest BCUT2D eigenvalue weighted by atomic mass is 16.5. The summed E-state index contributed by atoms with van der Waals surface area (Å²) in [6.07, 6.45) is 0. The average molecular weight is 219 g/mol. The summed E-state index contributed by atoms with van der Waals surface area (Å²) >= 11 is 0. The Kier molecular flexibility index (Phi) is 4.49. The molecule has 0 aliphatic carbocycles. The predicted octanol–water partition coefficient (Wildman–Crippen LogP) is 1.94. The molecule has 4 heteroatoms. The standard InChI is InChI=1S/C12H13NO3/c1-13-7-12(14)11-6-10(16-3)5-4-9(11)8-15-2/h4-6H,7-8H2,2-3H3. The second-order valence-electron chi connectivity index (χ2n) is 3.20. The van der Waals surface area contributed by atoms with Crippen molar-refractivity contribution >= 4 is 5.78 Å². The quantitative estimate of drug-likeness (QED) is 0.561. The molecule has 16 heavy (non-hydrogen) atoms. The Labute approximate surface area is 94.6 Å². The van der Waals surface area contributed by atoms with E-state index in [2.05, 4.69) is 4.85 Å². The SMILES string of the molecule is [C-]#[N+]CC(=O)c1cc(OC)ccc1COC. The molecule has 0 radical (unpaired) electrons. The average Bonchev–Trinajstić information content (AvgIpc) is 2.30. The second-order valence-corrected chi connectivity index (χ2v) is 3.20. The normalized spacial score (nSPS) is 9.56. The summed E-state index contributed by atoms with van der Waals surface area (Å²) < 4.78 is 10.0. The lowest BCUT2D eigenvalue weighted by atomic mass is 10.0. The van der Waals surface area contributed by atoms with Gasteiger partial charge in [0.05, 0.1) is 13.7 Å². The Balaban J connectivity index is 3.10. The molecular weight excluding hydrogens is 206 g/mol. The van der Waals surface area contributed by atoms with Gasteiger partial charge in [-0.05, 0) is 17.7 Å². The van der Waals surface area contributed by atoms with Gasteiger partial charge in [-0.1, -0.05) is 6.07 Å². The van der Waals surface area contributed by atoms with Crippen LogP contribution in [0.15, 0.2) is 18.2 Å². The molecule has 84 valence electrons. The maximum atomic E-state index is 11.7. The molecule has 0 atom stereocenters. The molecule has 0 unspecified atom stereocenters. The van der Waals surface area contributed by atoms with E-state index >= 15 is 0 Å². The van der Waals surface area contributed by atoms with Crippen LogP contribution in [0.2, 0.25) is 0 Å². The molecule has 0 aliphatic rings. The van der Waals surface area contributed by atoms with E-state index in [4.69, 9.17) is 16.0 Å². The van der Waals surface area contributed by atoms with Gasteiger partial charge in [0.25, 0.3) is 6.54 Å². The van der Waals surface area contributed by atoms with E-state index in [0.29, 0.717) is 17.9 Å². The van der Waals surface area contributed by atoms with Crippen molar-refractivity contribution in [3.8, 4) is 5.75 Å². The number of nitrogens with zero attached hydrogens (tertiary/aromatic N) is 1. The Morgan fingerprint density at radius 3 is 2.75 bits per heavy atom. The third kappa shape index (κ3) is 2.81. The Bertz CT molecular complexity index is 421. The van der Waals surface area contributed by atoms with Crippen LogP contribution in [-0.4, -0.2) is 26.5 Å². The van der Waals surface area contributed by atoms with Crippen molar-refractivity contribution < 1.29 is 14.3 Å². The first kappa shape index (κ1) is 12.2. The second kappa shape index (κ2) is 5.89. The first-order chi connectivity index (χ1) is 7.72. The van der Waals surface area contributed by atoms with E-state index in [1.165, 1.54) is 7.11 Å². The van der Waals surface area contributed by atoms with E-state index in [-0.39, 0.29) is 12.3 Å². The van der Waals surface area contributed by atoms with E-state index < -0.39 is 0 Å². The zero-order valence-corrected chi connectivity index (χ0v) is 9.32. The Morgan fingerprint density at radius 1 is 1.44 bits per heavy atom. The number of benzene rings is 1. The fourth-order valence-corrected chi connectivity index (χ4v) is 1.38. The summed E-state index contributed by atoms with van der Waals surface area (Å²) in [5, 5.41) is 0. The summed E-state index contributed by atoms with van der Waals surface area (Å²) in [5.41, 5.74) is 1.27.